The Labute approximate surface area is 136 Å². The van der Waals surface area contributed by atoms with E-state index in [9.17, 15) is 9.59 Å². The van der Waals surface area contributed by atoms with Gasteiger partial charge in [0.2, 0.25) is 0 Å². The molecule has 0 spiro atoms. The summed E-state index contributed by atoms with van der Waals surface area (Å²) in [6.45, 7) is 2.80. The number of hydrogen-bond acceptors (Lipinski definition) is 3. The number of hydrogen-bond donors (Lipinski definition) is 1. The van der Waals surface area contributed by atoms with E-state index in [1.54, 1.807) is 18.2 Å². The minimum absolute atomic E-state index is 0.0756. The predicted molar refractivity (Wildman–Crippen MR) is 92.8 cm³/mol. The summed E-state index contributed by atoms with van der Waals surface area (Å²) >= 11 is 0. The average molecular weight is 315 g/mol. The third kappa shape index (κ3) is 5.23. The Bertz CT molecular complexity index is 690. The first-order chi connectivity index (χ1) is 11.2. The van der Waals surface area contributed by atoms with Gasteiger partial charge < -0.3 is 9.73 Å². The van der Waals surface area contributed by atoms with Crippen LogP contribution in [0.1, 0.15) is 62.2 Å². The van der Waals surface area contributed by atoms with Crippen molar-refractivity contribution in [1.82, 2.24) is 5.32 Å². The zero-order chi connectivity index (χ0) is 16.5. The molecule has 1 amide bonds. The third-order valence-electron chi connectivity index (χ3n) is 3.95. The first-order valence-corrected chi connectivity index (χ1v) is 8.53. The normalized spacial score (nSPS) is 10.8. The SMILES string of the molecule is CCCCCCCCCNC(=O)c1cc2ccccc2oc1=O. The molecule has 4 nitrogen and oxygen atoms in total. The quantitative estimate of drug-likeness (QED) is 0.555. The topological polar surface area (TPSA) is 59.3 Å². The van der Waals surface area contributed by atoms with Crippen LogP contribution in [0.4, 0.5) is 0 Å². The molecular formula is C19H25NO3. The molecule has 0 aliphatic rings. The van der Waals surface area contributed by atoms with Crippen LogP contribution >= 0.6 is 0 Å². The molecule has 0 atom stereocenters. The number of amides is 1. The van der Waals surface area contributed by atoms with Crippen molar-refractivity contribution in [3.8, 4) is 0 Å². The molecule has 1 heterocycles. The number of benzene rings is 1. The van der Waals surface area contributed by atoms with Gasteiger partial charge in [0.05, 0.1) is 0 Å². The van der Waals surface area contributed by atoms with Gasteiger partial charge in [-0.2, -0.15) is 0 Å². The fourth-order valence-corrected chi connectivity index (χ4v) is 2.60. The Kier molecular flexibility index (Phi) is 6.85. The van der Waals surface area contributed by atoms with Crippen LogP contribution in [0.2, 0.25) is 0 Å². The fourth-order valence-electron chi connectivity index (χ4n) is 2.60. The van der Waals surface area contributed by atoms with Crippen molar-refractivity contribution in [2.75, 3.05) is 6.54 Å². The van der Waals surface area contributed by atoms with Crippen molar-refractivity contribution in [1.29, 1.82) is 0 Å². The lowest BCUT2D eigenvalue weighted by atomic mass is 10.1. The zero-order valence-corrected chi connectivity index (χ0v) is 13.8. The van der Waals surface area contributed by atoms with Gasteiger partial charge in [0.1, 0.15) is 11.1 Å². The van der Waals surface area contributed by atoms with Gasteiger partial charge in [-0.3, -0.25) is 4.79 Å². The second kappa shape index (κ2) is 9.13. The van der Waals surface area contributed by atoms with Crippen LogP contribution in [0.3, 0.4) is 0 Å². The summed E-state index contributed by atoms with van der Waals surface area (Å²) in [4.78, 5) is 24.0. The number of carbonyl (C=O) groups is 1. The third-order valence-corrected chi connectivity index (χ3v) is 3.95. The summed E-state index contributed by atoms with van der Waals surface area (Å²) in [7, 11) is 0. The second-order valence-electron chi connectivity index (χ2n) is 5.86. The van der Waals surface area contributed by atoms with E-state index < -0.39 is 5.63 Å². The zero-order valence-electron chi connectivity index (χ0n) is 13.8. The van der Waals surface area contributed by atoms with Crippen LogP contribution in [-0.4, -0.2) is 12.5 Å². The Hall–Kier alpha value is -2.10. The summed E-state index contributed by atoms with van der Waals surface area (Å²) in [5.41, 5.74) is -0.00598. The molecule has 0 unspecified atom stereocenters. The van der Waals surface area contributed by atoms with Gasteiger partial charge >= 0.3 is 5.63 Å². The fraction of sp³-hybridized carbons (Fsp3) is 0.474. The predicted octanol–water partition coefficient (Wildman–Crippen LogP) is 4.27. The van der Waals surface area contributed by atoms with Crippen LogP contribution in [-0.2, 0) is 0 Å². The molecule has 0 fully saturated rings. The average Bonchev–Trinajstić information content (AvgIpc) is 2.56. The molecule has 2 rings (SSSR count). The van der Waals surface area contributed by atoms with Crippen LogP contribution in [0.5, 0.6) is 0 Å². The van der Waals surface area contributed by atoms with Crippen LogP contribution in [0, 0.1) is 0 Å². The van der Waals surface area contributed by atoms with Crippen molar-refractivity contribution < 1.29 is 9.21 Å². The summed E-state index contributed by atoms with van der Waals surface area (Å²) in [5, 5.41) is 3.57. The highest BCUT2D eigenvalue weighted by atomic mass is 16.4. The van der Waals surface area contributed by atoms with Crippen LogP contribution < -0.4 is 10.9 Å². The molecular weight excluding hydrogens is 290 g/mol. The monoisotopic (exact) mass is 315 g/mol. The van der Waals surface area contributed by atoms with E-state index in [1.165, 1.54) is 32.1 Å². The van der Waals surface area contributed by atoms with E-state index in [2.05, 4.69) is 12.2 Å². The maximum absolute atomic E-state index is 12.1. The van der Waals surface area contributed by atoms with E-state index in [1.807, 2.05) is 12.1 Å². The van der Waals surface area contributed by atoms with E-state index in [4.69, 9.17) is 4.42 Å². The summed E-state index contributed by atoms with van der Waals surface area (Å²) < 4.78 is 5.18. The molecule has 1 N–H and O–H groups in total. The van der Waals surface area contributed by atoms with Crippen molar-refractivity contribution in [3.63, 3.8) is 0 Å². The molecule has 0 bridgehead atoms. The van der Waals surface area contributed by atoms with Crippen molar-refractivity contribution in [2.45, 2.75) is 51.9 Å². The second-order valence-corrected chi connectivity index (χ2v) is 5.86. The van der Waals surface area contributed by atoms with Crippen molar-refractivity contribution in [3.05, 3.63) is 46.3 Å². The molecule has 0 saturated carbocycles. The first kappa shape index (κ1) is 17.3. The molecule has 124 valence electrons. The number of nitrogens with one attached hydrogen (secondary N) is 1. The molecule has 1 aromatic heterocycles. The number of unbranched alkanes of at least 4 members (excludes halogenated alkanes) is 6. The van der Waals surface area contributed by atoms with E-state index in [0.29, 0.717) is 12.1 Å². The minimum atomic E-state index is -0.583. The first-order valence-electron chi connectivity index (χ1n) is 8.53. The van der Waals surface area contributed by atoms with Gasteiger partial charge in [0.15, 0.2) is 0 Å². The van der Waals surface area contributed by atoms with Crippen LogP contribution in [0.15, 0.2) is 39.5 Å². The number of carbonyl (C=O) groups excluding carboxylic acids is 1. The summed E-state index contributed by atoms with van der Waals surface area (Å²) in [6.07, 6.45) is 8.36. The van der Waals surface area contributed by atoms with Crippen LogP contribution in [0.25, 0.3) is 11.0 Å². The Morgan fingerprint density at radius 3 is 2.52 bits per heavy atom. The van der Waals surface area contributed by atoms with E-state index >= 15 is 0 Å². The summed E-state index contributed by atoms with van der Waals surface area (Å²) in [6, 6.07) is 8.79. The standard InChI is InChI=1S/C19H25NO3/c1-2-3-4-5-6-7-10-13-20-18(21)16-14-15-11-8-9-12-17(15)23-19(16)22/h8-9,11-12,14H,2-7,10,13H2,1H3,(H,20,21). The van der Waals surface area contributed by atoms with Crippen molar-refractivity contribution in [2.24, 2.45) is 0 Å². The van der Waals surface area contributed by atoms with Gasteiger partial charge in [-0.15, -0.1) is 0 Å². The largest absolute Gasteiger partial charge is 0.422 e. The number of para-hydroxylation sites is 1. The molecule has 0 aliphatic heterocycles. The molecule has 4 heteroatoms. The molecule has 2 aromatic rings. The van der Waals surface area contributed by atoms with Gasteiger partial charge in [0, 0.05) is 11.9 Å². The maximum atomic E-state index is 12.1. The van der Waals surface area contributed by atoms with E-state index in [-0.39, 0.29) is 11.5 Å². The number of rotatable bonds is 9. The van der Waals surface area contributed by atoms with Crippen molar-refractivity contribution >= 4 is 16.9 Å². The molecule has 0 saturated heterocycles. The highest BCUT2D eigenvalue weighted by Crippen LogP contribution is 2.12. The summed E-state index contributed by atoms with van der Waals surface area (Å²) in [5.74, 6) is -0.351. The minimum Gasteiger partial charge on any atom is -0.422 e. The maximum Gasteiger partial charge on any atom is 0.349 e. The highest BCUT2D eigenvalue weighted by molar-refractivity contribution is 5.96. The Morgan fingerprint density at radius 1 is 1.04 bits per heavy atom. The van der Waals surface area contributed by atoms with Gasteiger partial charge in [-0.1, -0.05) is 63.6 Å². The highest BCUT2D eigenvalue weighted by Gasteiger charge is 2.12. The lowest BCUT2D eigenvalue weighted by Crippen LogP contribution is -2.29. The van der Waals surface area contributed by atoms with Gasteiger partial charge in [-0.25, -0.2) is 4.79 Å². The van der Waals surface area contributed by atoms with E-state index in [0.717, 1.165) is 18.2 Å². The Balaban J connectivity index is 1.80. The smallest absolute Gasteiger partial charge is 0.349 e. The Morgan fingerprint density at radius 2 is 1.74 bits per heavy atom. The molecule has 1 aromatic carbocycles. The lowest BCUT2D eigenvalue weighted by Gasteiger charge is -2.05. The number of fused-ring (bicyclic) bond motifs is 1. The lowest BCUT2D eigenvalue weighted by molar-refractivity contribution is 0.0949. The van der Waals surface area contributed by atoms with Gasteiger partial charge in [0.25, 0.3) is 5.91 Å². The molecule has 23 heavy (non-hydrogen) atoms. The molecule has 0 radical (unpaired) electrons. The van der Waals surface area contributed by atoms with Gasteiger partial charge in [-0.05, 0) is 18.6 Å². The molecule has 0 aliphatic carbocycles.